The normalized spacial score (nSPS) is 12.3. The van der Waals surface area contributed by atoms with Crippen LogP contribution < -0.4 is 14.4 Å². The second-order valence-corrected chi connectivity index (χ2v) is 7.79. The van der Waals surface area contributed by atoms with E-state index in [4.69, 9.17) is 13.9 Å². The number of thioether (sulfide) groups is 1. The summed E-state index contributed by atoms with van der Waals surface area (Å²) < 4.78 is 16.5. The van der Waals surface area contributed by atoms with Gasteiger partial charge in [0.2, 0.25) is 18.6 Å². The van der Waals surface area contributed by atoms with Crippen LogP contribution in [0.4, 0.5) is 5.69 Å². The number of nitrogens with zero attached hydrogens (tertiary/aromatic N) is 3. The minimum atomic E-state index is -0.0216. The third-order valence-corrected chi connectivity index (χ3v) is 5.82. The minimum absolute atomic E-state index is 0.0216. The highest BCUT2D eigenvalue weighted by Crippen LogP contribution is 2.36. The first-order valence-electron chi connectivity index (χ1n) is 9.87. The largest absolute Gasteiger partial charge is 0.454 e. The Morgan fingerprint density at radius 1 is 1.03 bits per heavy atom. The summed E-state index contributed by atoms with van der Waals surface area (Å²) in [6, 6.07) is 19.5. The van der Waals surface area contributed by atoms with Gasteiger partial charge in [-0.15, -0.1) is 10.2 Å². The molecule has 0 atom stereocenters. The molecule has 1 amide bonds. The van der Waals surface area contributed by atoms with E-state index in [9.17, 15) is 4.79 Å². The number of hydrogen-bond acceptors (Lipinski definition) is 7. The van der Waals surface area contributed by atoms with Gasteiger partial charge < -0.3 is 18.8 Å². The Morgan fingerprint density at radius 2 is 1.87 bits per heavy atom. The molecule has 1 aliphatic heterocycles. The highest BCUT2D eigenvalue weighted by molar-refractivity contribution is 7.99. The molecule has 1 aromatic heterocycles. The Hall–Kier alpha value is -3.52. The molecule has 4 aromatic rings. The molecule has 3 aromatic carbocycles. The molecule has 0 saturated carbocycles. The zero-order chi connectivity index (χ0) is 21.2. The lowest BCUT2D eigenvalue weighted by molar-refractivity contribution is -0.116. The van der Waals surface area contributed by atoms with Gasteiger partial charge in [-0.2, -0.15) is 0 Å². The Kier molecular flexibility index (Phi) is 5.21. The highest BCUT2D eigenvalue weighted by Gasteiger charge is 2.20. The zero-order valence-corrected chi connectivity index (χ0v) is 17.6. The molecule has 2 heterocycles. The van der Waals surface area contributed by atoms with Crippen molar-refractivity contribution in [1.82, 2.24) is 10.2 Å². The maximum Gasteiger partial charge on any atom is 0.277 e. The monoisotopic (exact) mass is 433 g/mol. The highest BCUT2D eigenvalue weighted by atomic mass is 32.2. The molecule has 5 rings (SSSR count). The van der Waals surface area contributed by atoms with Gasteiger partial charge >= 0.3 is 0 Å². The maximum atomic E-state index is 13.0. The van der Waals surface area contributed by atoms with Gasteiger partial charge in [0.05, 0.1) is 11.4 Å². The van der Waals surface area contributed by atoms with Gasteiger partial charge in [-0.1, -0.05) is 48.2 Å². The molecule has 0 fully saturated rings. The average Bonchev–Trinajstić information content (AvgIpc) is 3.47. The quantitative estimate of drug-likeness (QED) is 0.406. The van der Waals surface area contributed by atoms with Crippen molar-refractivity contribution in [3.63, 3.8) is 0 Å². The van der Waals surface area contributed by atoms with Gasteiger partial charge in [-0.05, 0) is 36.6 Å². The zero-order valence-electron chi connectivity index (χ0n) is 16.8. The number of ether oxygens (including phenoxy) is 2. The lowest BCUT2D eigenvalue weighted by Crippen LogP contribution is -2.32. The van der Waals surface area contributed by atoms with Gasteiger partial charge in [0.15, 0.2) is 11.5 Å². The first-order valence-corrected chi connectivity index (χ1v) is 10.9. The van der Waals surface area contributed by atoms with E-state index in [0.29, 0.717) is 29.2 Å². The fraction of sp³-hybridized carbons (Fsp3) is 0.174. The fourth-order valence-corrected chi connectivity index (χ4v) is 4.18. The molecule has 0 unspecified atom stereocenters. The van der Waals surface area contributed by atoms with E-state index in [2.05, 4.69) is 10.2 Å². The average molecular weight is 433 g/mol. The van der Waals surface area contributed by atoms with Gasteiger partial charge in [0.1, 0.15) is 0 Å². The van der Waals surface area contributed by atoms with E-state index in [1.165, 1.54) is 11.8 Å². The fourth-order valence-electron chi connectivity index (χ4n) is 3.54. The number of fused-ring (bicyclic) bond motifs is 2. The van der Waals surface area contributed by atoms with Crippen LogP contribution in [0.3, 0.4) is 0 Å². The summed E-state index contributed by atoms with van der Waals surface area (Å²) in [6.07, 6.45) is 0. The van der Waals surface area contributed by atoms with Crippen molar-refractivity contribution in [2.24, 2.45) is 0 Å². The van der Waals surface area contributed by atoms with Crippen LogP contribution in [0.1, 0.15) is 6.92 Å². The number of anilines is 1. The molecule has 0 N–H and O–H groups in total. The van der Waals surface area contributed by atoms with E-state index < -0.39 is 0 Å². The molecule has 31 heavy (non-hydrogen) atoms. The van der Waals surface area contributed by atoms with Crippen molar-refractivity contribution < 1.29 is 18.7 Å². The summed E-state index contributed by atoms with van der Waals surface area (Å²) in [6.45, 7) is 2.74. The number of carbonyl (C=O) groups is 1. The van der Waals surface area contributed by atoms with Crippen LogP contribution >= 0.6 is 11.8 Å². The molecular formula is C23H19N3O4S. The topological polar surface area (TPSA) is 77.7 Å². The molecule has 0 bridgehead atoms. The van der Waals surface area contributed by atoms with E-state index >= 15 is 0 Å². The summed E-state index contributed by atoms with van der Waals surface area (Å²) >= 11 is 1.23. The Bertz CT molecular complexity index is 1250. The molecule has 1 aliphatic rings. The SMILES string of the molecule is CCN(C(=O)CSc1nnc(-c2ccc3c(c2)OCO3)o1)c1cccc2ccccc12. The Labute approximate surface area is 183 Å². The first-order chi connectivity index (χ1) is 15.2. The molecule has 156 valence electrons. The van der Waals surface area contributed by atoms with Crippen molar-refractivity contribution >= 4 is 34.1 Å². The van der Waals surface area contributed by atoms with E-state index in [1.807, 2.05) is 61.5 Å². The minimum Gasteiger partial charge on any atom is -0.454 e. The van der Waals surface area contributed by atoms with Gasteiger partial charge in [0, 0.05) is 17.5 Å². The predicted molar refractivity (Wildman–Crippen MR) is 119 cm³/mol. The first kappa shape index (κ1) is 19.4. The maximum absolute atomic E-state index is 13.0. The molecule has 0 spiro atoms. The molecular weight excluding hydrogens is 414 g/mol. The summed E-state index contributed by atoms with van der Waals surface area (Å²) in [5.74, 6) is 1.88. The van der Waals surface area contributed by atoms with Crippen LogP contribution in [0.5, 0.6) is 11.5 Å². The Balaban J connectivity index is 1.30. The number of carbonyl (C=O) groups excluding carboxylic acids is 1. The van der Waals surface area contributed by atoms with Gasteiger partial charge in [0.25, 0.3) is 5.22 Å². The van der Waals surface area contributed by atoms with Crippen molar-refractivity contribution in [3.05, 3.63) is 60.7 Å². The van der Waals surface area contributed by atoms with Crippen molar-refractivity contribution in [2.45, 2.75) is 12.1 Å². The van der Waals surface area contributed by atoms with Crippen molar-refractivity contribution in [2.75, 3.05) is 24.0 Å². The van der Waals surface area contributed by atoms with E-state index in [-0.39, 0.29) is 18.5 Å². The Morgan fingerprint density at radius 3 is 2.77 bits per heavy atom. The summed E-state index contributed by atoms with van der Waals surface area (Å²) in [5.41, 5.74) is 1.64. The summed E-state index contributed by atoms with van der Waals surface area (Å²) in [5, 5.41) is 10.7. The summed E-state index contributed by atoms with van der Waals surface area (Å²) in [7, 11) is 0. The number of benzene rings is 3. The second-order valence-electron chi connectivity index (χ2n) is 6.87. The van der Waals surface area contributed by atoms with Crippen molar-refractivity contribution in [3.8, 4) is 23.0 Å². The van der Waals surface area contributed by atoms with Gasteiger partial charge in [-0.3, -0.25) is 4.79 Å². The third kappa shape index (κ3) is 3.82. The van der Waals surface area contributed by atoms with Crippen molar-refractivity contribution in [1.29, 1.82) is 0 Å². The van der Waals surface area contributed by atoms with Crippen LogP contribution in [0.25, 0.3) is 22.2 Å². The standard InChI is InChI=1S/C23H19N3O4S/c1-2-26(18-9-5-7-15-6-3-4-8-17(15)18)21(27)13-31-23-25-24-22(30-23)16-10-11-19-20(12-16)29-14-28-19/h3-12H,2,13-14H2,1H3. The molecule has 0 aliphatic carbocycles. The molecule has 0 saturated heterocycles. The van der Waals surface area contributed by atoms with Crippen LogP contribution in [0.15, 0.2) is 70.3 Å². The van der Waals surface area contributed by atoms with Crippen LogP contribution in [-0.2, 0) is 4.79 Å². The second kappa shape index (κ2) is 8.31. The van der Waals surface area contributed by atoms with Gasteiger partial charge in [-0.25, -0.2) is 0 Å². The molecule has 0 radical (unpaired) electrons. The lowest BCUT2D eigenvalue weighted by atomic mass is 10.1. The number of hydrogen-bond donors (Lipinski definition) is 0. The van der Waals surface area contributed by atoms with E-state index in [0.717, 1.165) is 22.0 Å². The molecule has 7 nitrogen and oxygen atoms in total. The van der Waals surface area contributed by atoms with Crippen LogP contribution in [-0.4, -0.2) is 35.2 Å². The smallest absolute Gasteiger partial charge is 0.277 e. The predicted octanol–water partition coefficient (Wildman–Crippen LogP) is 4.76. The number of amides is 1. The van der Waals surface area contributed by atoms with Crippen LogP contribution in [0, 0.1) is 0 Å². The number of aromatic nitrogens is 2. The third-order valence-electron chi connectivity index (χ3n) is 5.02. The lowest BCUT2D eigenvalue weighted by Gasteiger charge is -2.22. The van der Waals surface area contributed by atoms with E-state index in [1.54, 1.807) is 11.0 Å². The van der Waals surface area contributed by atoms with Crippen LogP contribution in [0.2, 0.25) is 0 Å². The molecule has 8 heteroatoms. The number of rotatable bonds is 6. The summed E-state index contributed by atoms with van der Waals surface area (Å²) in [4.78, 5) is 14.8.